The van der Waals surface area contributed by atoms with Gasteiger partial charge in [0.2, 0.25) is 0 Å². The van der Waals surface area contributed by atoms with E-state index < -0.39 is 11.2 Å². The summed E-state index contributed by atoms with van der Waals surface area (Å²) in [5.41, 5.74) is 2.96. The number of methoxy groups -OCH3 is 1. The molecule has 1 unspecified atom stereocenters. The summed E-state index contributed by atoms with van der Waals surface area (Å²) in [5, 5.41) is 0.290. The molecule has 3 aromatic heterocycles. The number of pyridine rings is 1. The average molecular weight is 384 g/mol. The first-order chi connectivity index (χ1) is 13.1. The van der Waals surface area contributed by atoms with Crippen LogP contribution in [0.4, 0.5) is 4.39 Å². The van der Waals surface area contributed by atoms with E-state index in [0.717, 1.165) is 5.56 Å². The maximum Gasteiger partial charge on any atom is 0.322 e. The Morgan fingerprint density at radius 1 is 1.30 bits per heavy atom. The molecule has 0 amide bonds. The Bertz CT molecular complexity index is 1090. The molecule has 0 saturated heterocycles. The lowest BCUT2D eigenvalue weighted by atomic mass is 10.2. The van der Waals surface area contributed by atoms with Gasteiger partial charge in [0.15, 0.2) is 5.75 Å². The van der Waals surface area contributed by atoms with Crippen LogP contribution in [0, 0.1) is 12.7 Å². The maximum absolute atomic E-state index is 14.4. The summed E-state index contributed by atoms with van der Waals surface area (Å²) in [6.45, 7) is 1.87. The second-order valence-corrected chi connectivity index (χ2v) is 7.39. The van der Waals surface area contributed by atoms with Crippen molar-refractivity contribution < 1.29 is 13.7 Å². The van der Waals surface area contributed by atoms with Gasteiger partial charge in [-0.2, -0.15) is 4.98 Å². The second-order valence-electron chi connectivity index (χ2n) is 6.03. The molecule has 0 aliphatic rings. The molecule has 4 aromatic rings. The van der Waals surface area contributed by atoms with Crippen LogP contribution in [0.25, 0.3) is 16.7 Å². The fraction of sp³-hybridized carbons (Fsp3) is 0.158. The first-order valence-corrected chi connectivity index (χ1v) is 9.58. The molecular formula is C19H17FN4O2S. The maximum atomic E-state index is 14.4. The Morgan fingerprint density at radius 2 is 2.07 bits per heavy atom. The minimum absolute atomic E-state index is 0.190. The lowest BCUT2D eigenvalue weighted by Crippen LogP contribution is -2.10. The molecule has 27 heavy (non-hydrogen) atoms. The lowest BCUT2D eigenvalue weighted by Gasteiger charge is -2.10. The highest BCUT2D eigenvalue weighted by Gasteiger charge is 2.21. The fourth-order valence-corrected chi connectivity index (χ4v) is 4.02. The molecule has 1 aromatic carbocycles. The Morgan fingerprint density at radius 3 is 2.81 bits per heavy atom. The van der Waals surface area contributed by atoms with Crippen molar-refractivity contribution in [3.63, 3.8) is 0 Å². The predicted octanol–water partition coefficient (Wildman–Crippen LogP) is 3.51. The third kappa shape index (κ3) is 3.29. The standard InChI is InChI=1S/C19H17FN4O2S/c1-12-16(21-6-5-18(12)26-2)11-27(25)19-22-14-9-13(20)17(10-15(14)23-19)24-7-3-4-8-24/h3-10H,11H2,1-2H3,(H,22,23). The van der Waals surface area contributed by atoms with E-state index in [1.807, 2.05) is 19.1 Å². The zero-order valence-corrected chi connectivity index (χ0v) is 15.6. The van der Waals surface area contributed by atoms with E-state index in [9.17, 15) is 8.94 Å². The minimum Gasteiger partial charge on any atom is -0.609 e. The van der Waals surface area contributed by atoms with Gasteiger partial charge < -0.3 is 13.9 Å². The number of rotatable bonds is 5. The summed E-state index contributed by atoms with van der Waals surface area (Å²) in [7, 11) is 1.58. The van der Waals surface area contributed by atoms with Crippen LogP contribution in [-0.2, 0) is 16.9 Å². The van der Waals surface area contributed by atoms with Crippen molar-refractivity contribution in [3.05, 3.63) is 66.0 Å². The largest absolute Gasteiger partial charge is 0.609 e. The van der Waals surface area contributed by atoms with Crippen LogP contribution in [0.3, 0.4) is 0 Å². The summed E-state index contributed by atoms with van der Waals surface area (Å²) in [4.78, 5) is 11.6. The molecule has 138 valence electrons. The van der Waals surface area contributed by atoms with Crippen LogP contribution >= 0.6 is 0 Å². The normalized spacial score (nSPS) is 12.4. The van der Waals surface area contributed by atoms with E-state index in [4.69, 9.17) is 4.74 Å². The summed E-state index contributed by atoms with van der Waals surface area (Å²) in [5.74, 6) is 0.500. The van der Waals surface area contributed by atoms with Crippen molar-refractivity contribution in [3.8, 4) is 11.4 Å². The highest BCUT2D eigenvalue weighted by atomic mass is 32.2. The highest BCUT2D eigenvalue weighted by Crippen LogP contribution is 2.25. The number of aromatic amines is 1. The van der Waals surface area contributed by atoms with Gasteiger partial charge in [-0.3, -0.25) is 9.97 Å². The van der Waals surface area contributed by atoms with Gasteiger partial charge in [0.1, 0.15) is 11.6 Å². The molecule has 0 bridgehead atoms. The van der Waals surface area contributed by atoms with Crippen molar-refractivity contribution in [2.24, 2.45) is 0 Å². The summed E-state index contributed by atoms with van der Waals surface area (Å²) in [6, 6.07) is 8.40. The van der Waals surface area contributed by atoms with Crippen LogP contribution in [0.5, 0.6) is 5.75 Å². The second kappa shape index (κ2) is 7.05. The Labute approximate surface area is 158 Å². The lowest BCUT2D eigenvalue weighted by molar-refractivity contribution is 0.410. The number of nitrogens with zero attached hydrogens (tertiary/aromatic N) is 3. The van der Waals surface area contributed by atoms with Crippen LogP contribution in [0.1, 0.15) is 11.3 Å². The van der Waals surface area contributed by atoms with Crippen LogP contribution in [0.15, 0.2) is 54.1 Å². The molecule has 0 radical (unpaired) electrons. The Balaban J connectivity index is 1.66. The van der Waals surface area contributed by atoms with Gasteiger partial charge in [0, 0.05) is 41.4 Å². The van der Waals surface area contributed by atoms with Gasteiger partial charge in [-0.25, -0.2) is 4.39 Å². The number of ether oxygens (including phenoxy) is 1. The van der Waals surface area contributed by atoms with Crippen LogP contribution in [0.2, 0.25) is 0 Å². The molecule has 8 heteroatoms. The van der Waals surface area contributed by atoms with Crippen molar-refractivity contribution in [2.75, 3.05) is 7.11 Å². The Hall–Kier alpha value is -2.84. The summed E-state index contributed by atoms with van der Waals surface area (Å²) in [6.07, 6.45) is 5.14. The molecule has 0 saturated carbocycles. The molecule has 1 N–H and O–H groups in total. The average Bonchev–Trinajstić information content (AvgIpc) is 3.32. The van der Waals surface area contributed by atoms with Crippen LogP contribution in [-0.4, -0.2) is 31.2 Å². The third-order valence-corrected chi connectivity index (χ3v) is 5.53. The monoisotopic (exact) mass is 384 g/mol. The van der Waals surface area contributed by atoms with Gasteiger partial charge in [-0.15, -0.1) is 0 Å². The number of imidazole rings is 1. The molecule has 3 heterocycles. The van der Waals surface area contributed by atoms with Gasteiger partial charge in [0.05, 0.1) is 29.5 Å². The number of fused-ring (bicyclic) bond motifs is 1. The zero-order valence-electron chi connectivity index (χ0n) is 14.8. The minimum atomic E-state index is -1.45. The quantitative estimate of drug-likeness (QED) is 0.534. The van der Waals surface area contributed by atoms with E-state index in [0.29, 0.717) is 28.2 Å². The molecule has 6 nitrogen and oxygen atoms in total. The molecular weight excluding hydrogens is 367 g/mol. The first-order valence-electron chi connectivity index (χ1n) is 8.26. The number of benzene rings is 1. The molecule has 0 fully saturated rings. The number of aromatic nitrogens is 4. The van der Waals surface area contributed by atoms with Gasteiger partial charge >= 0.3 is 5.16 Å². The van der Waals surface area contributed by atoms with E-state index in [1.54, 1.807) is 42.4 Å². The Kier molecular flexibility index (Phi) is 4.59. The fourth-order valence-electron chi connectivity index (χ4n) is 2.91. The predicted molar refractivity (Wildman–Crippen MR) is 101 cm³/mol. The number of nitrogens with one attached hydrogen (secondary N) is 1. The van der Waals surface area contributed by atoms with E-state index in [2.05, 4.69) is 15.0 Å². The molecule has 0 aliphatic carbocycles. The smallest absolute Gasteiger partial charge is 0.322 e. The van der Waals surface area contributed by atoms with Gasteiger partial charge in [-0.1, -0.05) is 0 Å². The number of H-pyrrole nitrogens is 1. The number of halogens is 1. The summed E-state index contributed by atoms with van der Waals surface area (Å²) < 4.78 is 34.1. The SMILES string of the molecule is COc1ccnc(C[S+]([O-])c2nc3cc(-n4cccc4)c(F)cc3[nH]2)c1C. The van der Waals surface area contributed by atoms with Crippen molar-refractivity contribution in [1.82, 2.24) is 19.5 Å². The number of hydrogen-bond donors (Lipinski definition) is 1. The van der Waals surface area contributed by atoms with Crippen molar-refractivity contribution in [2.45, 2.75) is 17.8 Å². The summed E-state index contributed by atoms with van der Waals surface area (Å²) >= 11 is -1.45. The molecule has 0 aliphatic heterocycles. The van der Waals surface area contributed by atoms with Gasteiger partial charge in [-0.05, 0) is 31.2 Å². The molecule has 4 rings (SSSR count). The zero-order chi connectivity index (χ0) is 19.0. The molecule has 1 atom stereocenters. The topological polar surface area (TPSA) is 78.8 Å². The van der Waals surface area contributed by atoms with E-state index >= 15 is 0 Å². The van der Waals surface area contributed by atoms with Crippen molar-refractivity contribution >= 4 is 22.2 Å². The highest BCUT2D eigenvalue weighted by molar-refractivity contribution is 7.90. The van der Waals surface area contributed by atoms with Crippen LogP contribution < -0.4 is 4.74 Å². The third-order valence-electron chi connectivity index (χ3n) is 4.37. The van der Waals surface area contributed by atoms with E-state index in [-0.39, 0.29) is 16.7 Å². The van der Waals surface area contributed by atoms with Gasteiger partial charge in [0.25, 0.3) is 0 Å². The number of hydrogen-bond acceptors (Lipinski definition) is 4. The van der Waals surface area contributed by atoms with E-state index in [1.165, 1.54) is 6.07 Å². The van der Waals surface area contributed by atoms with Crippen molar-refractivity contribution in [1.29, 1.82) is 0 Å². The molecule has 0 spiro atoms. The first kappa shape index (κ1) is 17.6.